The van der Waals surface area contributed by atoms with Crippen molar-refractivity contribution in [2.45, 2.75) is 0 Å². The molecule has 4 nitrogen and oxygen atoms in total. The summed E-state index contributed by atoms with van der Waals surface area (Å²) >= 11 is 0. The molecule has 50 valence electrons. The Balaban J connectivity index is 2.72. The van der Waals surface area contributed by atoms with Gasteiger partial charge in [-0.25, -0.2) is 10.1 Å². The first kappa shape index (κ1) is 7.84. The molecule has 0 spiro atoms. The molecule has 8 heavy (non-hydrogen) atoms. The van der Waals surface area contributed by atoms with E-state index < -0.39 is 0 Å². The van der Waals surface area contributed by atoms with Gasteiger partial charge >= 0.3 is 0 Å². The van der Waals surface area contributed by atoms with E-state index in [1.807, 2.05) is 19.0 Å². The van der Waals surface area contributed by atoms with Crippen molar-refractivity contribution < 1.29 is 15.2 Å². The molecule has 0 heterocycles. The van der Waals surface area contributed by atoms with Gasteiger partial charge in [-0.05, 0) is 14.1 Å². The number of likely N-dealkylation sites (N-methyl/N-ethyl adjacent to an activating group) is 1. The van der Waals surface area contributed by atoms with Crippen LogP contribution in [0.5, 0.6) is 0 Å². The predicted octanol–water partition coefficient (Wildman–Crippen LogP) is -0.0308. The molecule has 0 rings (SSSR count). The molecule has 0 aliphatic heterocycles. The molecule has 0 aromatic rings. The van der Waals surface area contributed by atoms with Gasteiger partial charge in [0.15, 0.2) is 0 Å². The van der Waals surface area contributed by atoms with E-state index in [1.54, 1.807) is 0 Å². The van der Waals surface area contributed by atoms with E-state index in [2.05, 4.69) is 9.93 Å². The fourth-order valence-electron chi connectivity index (χ4n) is 0.257. The van der Waals surface area contributed by atoms with E-state index in [1.165, 1.54) is 0 Å². The maximum atomic E-state index is 7.64. The predicted molar refractivity (Wildman–Crippen MR) is 28.2 cm³/mol. The summed E-state index contributed by atoms with van der Waals surface area (Å²) in [5, 5.41) is 11.0. The van der Waals surface area contributed by atoms with Gasteiger partial charge in [0.25, 0.3) is 0 Å². The molecule has 0 unspecified atom stereocenters. The first-order valence-electron chi connectivity index (χ1n) is 2.35. The SMILES string of the molecule is CN(C)CCOOO. The van der Waals surface area contributed by atoms with Crippen molar-refractivity contribution in [1.82, 2.24) is 4.90 Å². The Kier molecular flexibility index (Phi) is 4.89. The van der Waals surface area contributed by atoms with Gasteiger partial charge in [0.2, 0.25) is 0 Å². The van der Waals surface area contributed by atoms with Crippen LogP contribution in [0, 0.1) is 0 Å². The molecule has 0 aromatic carbocycles. The summed E-state index contributed by atoms with van der Waals surface area (Å²) in [6, 6.07) is 0. The van der Waals surface area contributed by atoms with E-state index in [-0.39, 0.29) is 0 Å². The van der Waals surface area contributed by atoms with E-state index in [9.17, 15) is 0 Å². The number of hydrogen-bond donors (Lipinski definition) is 1. The second-order valence-corrected chi connectivity index (χ2v) is 1.70. The Morgan fingerprint density at radius 3 is 2.50 bits per heavy atom. The van der Waals surface area contributed by atoms with Crippen LogP contribution in [0.3, 0.4) is 0 Å². The molecule has 0 aromatic heterocycles. The molecule has 0 aliphatic carbocycles. The molecular weight excluding hydrogens is 110 g/mol. The first-order chi connectivity index (χ1) is 3.77. The highest BCUT2D eigenvalue weighted by Gasteiger charge is 1.87. The smallest absolute Gasteiger partial charge is 0.0980 e. The molecular formula is C4H11NO3. The van der Waals surface area contributed by atoms with Crippen LogP contribution < -0.4 is 0 Å². The highest BCUT2D eigenvalue weighted by atomic mass is 17.5. The maximum Gasteiger partial charge on any atom is 0.0980 e. The zero-order chi connectivity index (χ0) is 6.41. The van der Waals surface area contributed by atoms with Crippen LogP contribution in [0.15, 0.2) is 0 Å². The Morgan fingerprint density at radius 2 is 2.12 bits per heavy atom. The van der Waals surface area contributed by atoms with Gasteiger partial charge in [-0.3, -0.25) is 0 Å². The lowest BCUT2D eigenvalue weighted by atomic mass is 10.6. The summed E-state index contributed by atoms with van der Waals surface area (Å²) < 4.78 is 0. The van der Waals surface area contributed by atoms with Crippen LogP contribution >= 0.6 is 0 Å². The fraction of sp³-hybridized carbons (Fsp3) is 1.00. The largest absolute Gasteiger partial charge is 0.307 e. The highest BCUT2D eigenvalue weighted by molar-refractivity contribution is 4.35. The van der Waals surface area contributed by atoms with Crippen LogP contribution in [0.2, 0.25) is 0 Å². The topological polar surface area (TPSA) is 41.9 Å². The summed E-state index contributed by atoms with van der Waals surface area (Å²) in [5.41, 5.74) is 0. The molecule has 0 saturated heterocycles. The van der Waals surface area contributed by atoms with Crippen molar-refractivity contribution in [1.29, 1.82) is 0 Å². The van der Waals surface area contributed by atoms with Gasteiger partial charge in [0.05, 0.1) is 6.61 Å². The highest BCUT2D eigenvalue weighted by Crippen LogP contribution is 1.75. The van der Waals surface area contributed by atoms with Crippen LogP contribution in [-0.4, -0.2) is 37.4 Å². The molecule has 1 N–H and O–H groups in total. The normalized spacial score (nSPS) is 10.5. The summed E-state index contributed by atoms with van der Waals surface area (Å²) in [7, 11) is 3.81. The van der Waals surface area contributed by atoms with Crippen molar-refractivity contribution >= 4 is 0 Å². The van der Waals surface area contributed by atoms with E-state index >= 15 is 0 Å². The Bertz CT molecular complexity index is 48.5. The quantitative estimate of drug-likeness (QED) is 0.322. The molecule has 0 atom stereocenters. The van der Waals surface area contributed by atoms with Crippen LogP contribution in [-0.2, 0) is 9.93 Å². The van der Waals surface area contributed by atoms with Gasteiger partial charge in [0, 0.05) is 6.54 Å². The lowest BCUT2D eigenvalue weighted by Gasteiger charge is -2.05. The second-order valence-electron chi connectivity index (χ2n) is 1.70. The summed E-state index contributed by atoms with van der Waals surface area (Å²) in [5.74, 6) is 0. The minimum Gasteiger partial charge on any atom is -0.307 e. The molecule has 0 fully saturated rings. The average Bonchev–Trinajstić information content (AvgIpc) is 1.66. The second kappa shape index (κ2) is 4.99. The molecule has 0 aliphatic rings. The number of nitrogens with zero attached hydrogens (tertiary/aromatic N) is 1. The van der Waals surface area contributed by atoms with Gasteiger partial charge in [-0.1, -0.05) is 5.04 Å². The Hall–Kier alpha value is -0.160. The average molecular weight is 121 g/mol. The third-order valence-corrected chi connectivity index (χ3v) is 0.675. The summed E-state index contributed by atoms with van der Waals surface area (Å²) in [6.45, 7) is 1.12. The van der Waals surface area contributed by atoms with Crippen LogP contribution in [0.25, 0.3) is 0 Å². The monoisotopic (exact) mass is 121 g/mol. The number of hydrogen-bond acceptors (Lipinski definition) is 4. The summed E-state index contributed by atoms with van der Waals surface area (Å²) in [4.78, 5) is 6.07. The van der Waals surface area contributed by atoms with Gasteiger partial charge in [0.1, 0.15) is 0 Å². The molecule has 0 bridgehead atoms. The van der Waals surface area contributed by atoms with E-state index in [0.717, 1.165) is 6.54 Å². The van der Waals surface area contributed by atoms with Crippen molar-refractivity contribution in [2.75, 3.05) is 27.2 Å². The van der Waals surface area contributed by atoms with Gasteiger partial charge in [-0.15, -0.1) is 0 Å². The van der Waals surface area contributed by atoms with E-state index in [4.69, 9.17) is 5.26 Å². The van der Waals surface area contributed by atoms with Crippen molar-refractivity contribution in [3.05, 3.63) is 0 Å². The zero-order valence-electron chi connectivity index (χ0n) is 5.13. The molecule has 0 saturated carbocycles. The summed E-state index contributed by atoms with van der Waals surface area (Å²) in [6.07, 6.45) is 0. The van der Waals surface area contributed by atoms with Crippen LogP contribution in [0.1, 0.15) is 0 Å². The van der Waals surface area contributed by atoms with Crippen LogP contribution in [0.4, 0.5) is 0 Å². The fourth-order valence-corrected chi connectivity index (χ4v) is 0.257. The maximum absolute atomic E-state index is 7.64. The van der Waals surface area contributed by atoms with Crippen molar-refractivity contribution in [2.24, 2.45) is 0 Å². The minimum absolute atomic E-state index is 0.378. The third kappa shape index (κ3) is 5.84. The van der Waals surface area contributed by atoms with E-state index in [0.29, 0.717) is 6.61 Å². The lowest BCUT2D eigenvalue weighted by molar-refractivity contribution is -0.490. The Morgan fingerprint density at radius 1 is 1.50 bits per heavy atom. The molecule has 4 heteroatoms. The van der Waals surface area contributed by atoms with Crippen molar-refractivity contribution in [3.63, 3.8) is 0 Å². The minimum atomic E-state index is 0.378. The van der Waals surface area contributed by atoms with Gasteiger partial charge < -0.3 is 4.90 Å². The first-order valence-corrected chi connectivity index (χ1v) is 2.35. The number of rotatable bonds is 4. The Labute approximate surface area is 48.5 Å². The molecule has 0 radical (unpaired) electrons. The lowest BCUT2D eigenvalue weighted by Crippen LogP contribution is -2.17. The third-order valence-electron chi connectivity index (χ3n) is 0.675. The molecule has 0 amide bonds. The standard InChI is InChI=1S/C4H11NO3/c1-5(2)3-4-7-8-6/h6H,3-4H2,1-2H3. The van der Waals surface area contributed by atoms with Gasteiger partial charge in [-0.2, -0.15) is 0 Å². The van der Waals surface area contributed by atoms with Crippen molar-refractivity contribution in [3.8, 4) is 0 Å². The zero-order valence-corrected chi connectivity index (χ0v) is 5.13.